The number of fused-ring (bicyclic) bond motifs is 8. The molecule has 0 spiro atoms. The number of carbonyl (C=O) groups excluding carboxylic acids is 4. The Bertz CT molecular complexity index is 4120. The normalized spacial score (nSPS) is 20.9. The average Bonchev–Trinajstić information content (AvgIpc) is 2.57. The van der Waals surface area contributed by atoms with Crippen LogP contribution < -0.4 is 32.0 Å². The van der Waals surface area contributed by atoms with Gasteiger partial charge in [0, 0.05) is 83.1 Å². The van der Waals surface area contributed by atoms with Crippen molar-refractivity contribution in [3.63, 3.8) is 0 Å². The van der Waals surface area contributed by atoms with Crippen molar-refractivity contribution >= 4 is 95.3 Å². The van der Waals surface area contributed by atoms with Gasteiger partial charge in [-0.25, -0.2) is 32.1 Å². The summed E-state index contributed by atoms with van der Waals surface area (Å²) in [4.78, 5) is 87.3. The molecule has 5 N–H and O–H groups in total. The molecule has 0 radical (unpaired) electrons. The quantitative estimate of drug-likeness (QED) is 0.0351. The van der Waals surface area contributed by atoms with E-state index in [-0.39, 0.29) is 140 Å². The Kier molecular flexibility index (Phi) is 13.7. The lowest BCUT2D eigenvalue weighted by Crippen LogP contribution is -2.54. The smallest absolute Gasteiger partial charge is 0.407 e. The number of nitrogen functional groups attached to an aromatic ring is 2. The fourth-order valence-electron chi connectivity index (χ4n) is 12.3. The van der Waals surface area contributed by atoms with E-state index in [0.717, 1.165) is 23.8 Å². The Balaban J connectivity index is 0.727. The van der Waals surface area contributed by atoms with Gasteiger partial charge >= 0.3 is 24.0 Å². The summed E-state index contributed by atoms with van der Waals surface area (Å²) < 4.78 is 86.1. The minimum absolute atomic E-state index is 0.0228. The number of piperazine rings is 1. The van der Waals surface area contributed by atoms with E-state index in [1.165, 1.54) is 39.8 Å². The monoisotopic (exact) mass is 1180 g/mol. The zero-order chi connectivity index (χ0) is 58.6. The molecule has 0 saturated carbocycles. The molecule has 5 aliphatic rings. The Morgan fingerprint density at radius 2 is 1.86 bits per heavy atom. The number of ether oxygens (including phenoxy) is 4. The molecule has 20 nitrogen and oxygen atoms in total. The molecular formula is C57H50ClF4N11O9S. The number of alkyl carbamates (subject to hydrolysis) is 1. The van der Waals surface area contributed by atoms with E-state index in [2.05, 4.69) is 26.8 Å². The van der Waals surface area contributed by atoms with Crippen LogP contribution in [0.5, 0.6) is 6.01 Å². The van der Waals surface area contributed by atoms with Gasteiger partial charge in [-0.05, 0) is 68.6 Å². The van der Waals surface area contributed by atoms with Crippen molar-refractivity contribution in [2.75, 3.05) is 68.8 Å². The van der Waals surface area contributed by atoms with Crippen molar-refractivity contribution in [2.45, 2.75) is 76.0 Å². The number of esters is 2. The number of amides is 2. The van der Waals surface area contributed by atoms with Gasteiger partial charge in [-0.15, -0.1) is 11.3 Å². The number of anilines is 3. The van der Waals surface area contributed by atoms with E-state index < -0.39 is 90.1 Å². The highest BCUT2D eigenvalue weighted by Gasteiger charge is 2.51. The van der Waals surface area contributed by atoms with Gasteiger partial charge in [-0.1, -0.05) is 31.2 Å². The highest BCUT2D eigenvalue weighted by atomic mass is 35.5. The number of nitrogens with two attached hydrogens (primary N) is 2. The first-order valence-electron chi connectivity index (χ1n) is 26.5. The minimum Gasteiger partial charge on any atom is -0.461 e. The summed E-state index contributed by atoms with van der Waals surface area (Å²) in [6.07, 6.45) is -0.595. The highest BCUT2D eigenvalue weighted by Crippen LogP contribution is 2.47. The molecule has 26 heteroatoms. The number of benzene rings is 3. The van der Waals surface area contributed by atoms with Gasteiger partial charge in [0.25, 0.3) is 11.5 Å². The molecule has 5 aliphatic heterocycles. The number of hydrogen-bond acceptors (Lipinski definition) is 18. The van der Waals surface area contributed by atoms with Crippen LogP contribution in [0.2, 0.25) is 5.02 Å². The zero-order valence-electron chi connectivity index (χ0n) is 44.5. The van der Waals surface area contributed by atoms with Crippen molar-refractivity contribution in [1.82, 2.24) is 34.6 Å². The topological polar surface area (TPSA) is 263 Å². The summed E-state index contributed by atoms with van der Waals surface area (Å²) in [6.45, 7) is 6.76. The number of cyclic esters (lactones) is 1. The van der Waals surface area contributed by atoms with Crippen LogP contribution in [-0.4, -0.2) is 123 Å². The molecule has 3 aromatic carbocycles. The van der Waals surface area contributed by atoms with Crippen molar-refractivity contribution in [3.8, 4) is 34.6 Å². The Hall–Kier alpha value is -8.60. The van der Waals surface area contributed by atoms with Gasteiger partial charge in [-0.2, -0.15) is 15.2 Å². The maximum Gasteiger partial charge on any atom is 0.407 e. The molecule has 9 heterocycles. The molecule has 2 amide bonds. The first kappa shape index (κ1) is 55.0. The predicted molar refractivity (Wildman–Crippen MR) is 298 cm³/mol. The summed E-state index contributed by atoms with van der Waals surface area (Å²) in [6, 6.07) is 11.1. The highest BCUT2D eigenvalue weighted by molar-refractivity contribution is 7.23. The van der Waals surface area contributed by atoms with E-state index >= 15 is 8.78 Å². The molecule has 3 fully saturated rings. The fourth-order valence-corrected chi connectivity index (χ4v) is 13.6. The standard InChI is InChI=1S/C57H50ClF4N11O9S/c1-4-57(35-15-41-46-29(12-28-13-39(64)38(61)16-40(28)67-46)21-73(41)52(76)34(35)24-79-53(57)77)82-42(74)19-66-55(78)80-23-26(2)51(75)70-10-11-72(27(3)20-70)50-32-14-36(58)44(31-6-7-37(60)48-43(31)33(18-63)49(65)83-48)45(62)47(32)68-54(69-50)81-25-56-8-5-9-71(56)22-30(59)17-56/h6-7,12-16,27,30H,2,4-5,8-11,17,19-25,64-65H2,1,3H3,(H,66,78). The lowest BCUT2D eigenvalue weighted by molar-refractivity contribution is -0.188. The second-order valence-corrected chi connectivity index (χ2v) is 22.8. The zero-order valence-corrected chi connectivity index (χ0v) is 46.1. The third-order valence-electron chi connectivity index (χ3n) is 16.4. The molecule has 0 bridgehead atoms. The van der Waals surface area contributed by atoms with Crippen molar-refractivity contribution in [3.05, 3.63) is 110 Å². The second-order valence-electron chi connectivity index (χ2n) is 21.3. The number of rotatable bonds is 12. The number of pyridine rings is 2. The molecule has 0 aliphatic carbocycles. The summed E-state index contributed by atoms with van der Waals surface area (Å²) in [7, 11) is 0. The minimum atomic E-state index is -2.10. The summed E-state index contributed by atoms with van der Waals surface area (Å²) in [5.74, 6) is -4.64. The van der Waals surface area contributed by atoms with E-state index in [1.807, 2.05) is 11.0 Å². The summed E-state index contributed by atoms with van der Waals surface area (Å²) in [5.41, 5.74) is 9.91. The molecule has 4 atom stereocenters. The fraction of sp³-hybridized carbons (Fsp3) is 0.351. The lowest BCUT2D eigenvalue weighted by Gasteiger charge is -2.41. The van der Waals surface area contributed by atoms with Crippen molar-refractivity contribution in [1.29, 1.82) is 5.26 Å². The predicted octanol–water partition coefficient (Wildman–Crippen LogP) is 7.54. The van der Waals surface area contributed by atoms with Crippen LogP contribution in [0.3, 0.4) is 0 Å². The molecule has 7 aromatic rings. The van der Waals surface area contributed by atoms with Crippen LogP contribution in [0.15, 0.2) is 59.4 Å². The number of alkyl halides is 1. The van der Waals surface area contributed by atoms with Crippen LogP contribution in [-0.2, 0) is 47.3 Å². The van der Waals surface area contributed by atoms with Crippen LogP contribution >= 0.6 is 22.9 Å². The molecule has 3 saturated heterocycles. The number of hydrogen-bond donors (Lipinski definition) is 3. The van der Waals surface area contributed by atoms with Crippen LogP contribution in [0.1, 0.15) is 61.8 Å². The second kappa shape index (κ2) is 20.7. The molecular weight excluding hydrogens is 1130 g/mol. The number of nitriles is 1. The number of halogens is 5. The van der Waals surface area contributed by atoms with Crippen molar-refractivity contribution in [2.24, 2.45) is 0 Å². The molecule has 428 valence electrons. The van der Waals surface area contributed by atoms with Gasteiger partial charge in [0.15, 0.2) is 5.82 Å². The van der Waals surface area contributed by atoms with Crippen LogP contribution in [0.4, 0.5) is 38.9 Å². The first-order valence-corrected chi connectivity index (χ1v) is 27.7. The van der Waals surface area contributed by atoms with E-state index in [1.54, 1.807) is 19.9 Å². The number of aromatic nitrogens is 4. The van der Waals surface area contributed by atoms with Crippen LogP contribution in [0, 0.1) is 28.8 Å². The SMILES string of the molecule is C=C(COC(=O)NCC(=O)OC1(CC)C(=O)OCc2c1cc1n(c2=O)Cc2cc3cc(N)c(F)cc3nc2-1)C(=O)N1CCN(c2nc(OCC34CCCN3CC(F)C4)nc3c(F)c(-c4ccc(F)c5sc(N)c(C#N)c45)c(Cl)cc23)C(C)C1. The Labute approximate surface area is 478 Å². The molecule has 4 aromatic heterocycles. The number of nitrogens with one attached hydrogen (secondary N) is 1. The van der Waals surface area contributed by atoms with Crippen molar-refractivity contribution < 1.29 is 55.7 Å². The van der Waals surface area contributed by atoms with Gasteiger partial charge in [0.1, 0.15) is 66.6 Å². The third kappa shape index (κ3) is 9.13. The van der Waals surface area contributed by atoms with Gasteiger partial charge in [0.2, 0.25) is 5.60 Å². The van der Waals surface area contributed by atoms with Gasteiger partial charge < -0.3 is 50.1 Å². The number of thiophene rings is 1. The lowest BCUT2D eigenvalue weighted by atomic mass is 9.85. The third-order valence-corrected chi connectivity index (χ3v) is 17.7. The average molecular weight is 1180 g/mol. The summed E-state index contributed by atoms with van der Waals surface area (Å²) >= 11 is 7.80. The molecule has 4 unspecified atom stereocenters. The molecule has 12 rings (SSSR count). The Morgan fingerprint density at radius 3 is 2.63 bits per heavy atom. The van der Waals surface area contributed by atoms with E-state index in [4.69, 9.17) is 47.0 Å². The maximum atomic E-state index is 17.4. The number of nitrogens with zero attached hydrogens (tertiary/aromatic N) is 8. The molecule has 83 heavy (non-hydrogen) atoms. The largest absolute Gasteiger partial charge is 0.461 e. The van der Waals surface area contributed by atoms with Gasteiger partial charge in [0.05, 0.1) is 55.5 Å². The number of carbonyl (C=O) groups is 4. The first-order chi connectivity index (χ1) is 39.7. The van der Waals surface area contributed by atoms with Crippen LogP contribution in [0.25, 0.3) is 54.4 Å². The van der Waals surface area contributed by atoms with E-state index in [0.29, 0.717) is 35.3 Å². The Morgan fingerprint density at radius 1 is 1.05 bits per heavy atom. The maximum absolute atomic E-state index is 17.4. The van der Waals surface area contributed by atoms with E-state index in [9.17, 15) is 38.0 Å². The summed E-state index contributed by atoms with van der Waals surface area (Å²) in [5, 5.41) is 13.0. The van der Waals surface area contributed by atoms with Gasteiger partial charge in [-0.3, -0.25) is 19.3 Å².